The molecule has 2 heterocycles. The molecular weight excluding hydrogens is 490 g/mol. The number of nitrogens with zero attached hydrogens (tertiary/aromatic N) is 1. The van der Waals surface area contributed by atoms with Crippen LogP contribution in [-0.4, -0.2) is 16.4 Å². The van der Waals surface area contributed by atoms with Crippen LogP contribution in [0.15, 0.2) is 74.2 Å². The summed E-state index contributed by atoms with van der Waals surface area (Å²) < 4.78 is 8.96. The predicted molar refractivity (Wildman–Crippen MR) is 113 cm³/mol. The fourth-order valence-corrected chi connectivity index (χ4v) is 4.25. The molecular formula is C20H13Br2N3O3. The molecule has 2 aromatic carbocycles. The van der Waals surface area contributed by atoms with Crippen LogP contribution in [-0.2, 0) is 0 Å². The number of carbonyl (C=O) groups is 2. The van der Waals surface area contributed by atoms with E-state index in [4.69, 9.17) is 10.3 Å². The molecule has 1 amide bonds. The van der Waals surface area contributed by atoms with E-state index in [1.807, 2.05) is 18.2 Å². The average Bonchev–Trinajstić information content (AvgIpc) is 3.32. The first-order valence-corrected chi connectivity index (χ1v) is 9.79. The Kier molecular flexibility index (Phi) is 4.92. The van der Waals surface area contributed by atoms with Crippen molar-refractivity contribution in [2.45, 2.75) is 0 Å². The molecule has 4 aromatic rings. The summed E-state index contributed by atoms with van der Waals surface area (Å²) in [4.78, 5) is 25.1. The number of fused-ring (bicyclic) bond motifs is 1. The smallest absolute Gasteiger partial charge is 0.298 e. The Labute approximate surface area is 176 Å². The molecule has 4 rings (SSSR count). The number of para-hydroxylation sites is 1. The van der Waals surface area contributed by atoms with Gasteiger partial charge in [0.15, 0.2) is 5.76 Å². The zero-order valence-corrected chi connectivity index (χ0v) is 17.5. The summed E-state index contributed by atoms with van der Waals surface area (Å²) in [6.07, 6.45) is 1.47. The van der Waals surface area contributed by atoms with E-state index in [-0.39, 0.29) is 11.7 Å². The lowest BCUT2D eigenvalue weighted by molar-refractivity contribution is 0.0938. The summed E-state index contributed by atoms with van der Waals surface area (Å²) in [5.41, 5.74) is 3.83. The van der Waals surface area contributed by atoms with Crippen LogP contribution < -0.4 is 11.3 Å². The molecule has 0 radical (unpaired) electrons. The highest BCUT2D eigenvalue weighted by molar-refractivity contribution is 9.11. The van der Waals surface area contributed by atoms with Gasteiger partial charge in [-0.3, -0.25) is 19.6 Å². The summed E-state index contributed by atoms with van der Waals surface area (Å²) in [5, 5.41) is 0.626. The van der Waals surface area contributed by atoms with E-state index in [0.29, 0.717) is 22.2 Å². The van der Waals surface area contributed by atoms with E-state index in [2.05, 4.69) is 37.3 Å². The van der Waals surface area contributed by atoms with Gasteiger partial charge in [0.05, 0.1) is 11.1 Å². The maximum Gasteiger partial charge on any atom is 0.298 e. The van der Waals surface area contributed by atoms with Crippen LogP contribution in [0.25, 0.3) is 22.2 Å². The Balaban J connectivity index is 1.77. The number of benzene rings is 2. The molecule has 140 valence electrons. The van der Waals surface area contributed by atoms with Crippen LogP contribution >= 0.6 is 31.9 Å². The van der Waals surface area contributed by atoms with Gasteiger partial charge >= 0.3 is 0 Å². The molecule has 0 bridgehead atoms. The third kappa shape index (κ3) is 3.19. The number of nitrogen functional groups attached to an aromatic ring is 1. The van der Waals surface area contributed by atoms with Gasteiger partial charge in [-0.05, 0) is 52.3 Å². The summed E-state index contributed by atoms with van der Waals surface area (Å²) in [5.74, 6) is 5.12. The molecule has 0 atom stereocenters. The summed E-state index contributed by atoms with van der Waals surface area (Å²) in [6, 6.07) is 16.1. The van der Waals surface area contributed by atoms with Crippen LogP contribution in [0.3, 0.4) is 0 Å². The number of rotatable bonds is 3. The van der Waals surface area contributed by atoms with Gasteiger partial charge in [-0.25, -0.2) is 5.84 Å². The van der Waals surface area contributed by atoms with Crippen LogP contribution in [0.2, 0.25) is 0 Å². The standard InChI is InChI=1S/C20H13Br2N3O3/c21-11-5-6-13(15(22)9-11)17-7-8-18(28-17)20(27)25-10-14(19(26)24-23)12-3-1-2-4-16(12)25/h1-10H,23H2,(H,24,26). The Hall–Kier alpha value is -2.68. The number of hydrogen-bond donors (Lipinski definition) is 2. The van der Waals surface area contributed by atoms with Gasteiger partial charge in [0.25, 0.3) is 11.8 Å². The average molecular weight is 503 g/mol. The second-order valence-corrected chi connectivity index (χ2v) is 7.77. The fourth-order valence-electron chi connectivity index (χ4n) is 3.01. The second kappa shape index (κ2) is 7.38. The first-order chi connectivity index (χ1) is 13.5. The van der Waals surface area contributed by atoms with Crippen molar-refractivity contribution in [1.29, 1.82) is 0 Å². The molecule has 8 heteroatoms. The minimum absolute atomic E-state index is 0.158. The molecule has 0 unspecified atom stereocenters. The molecule has 2 aromatic heterocycles. The minimum Gasteiger partial charge on any atom is -0.451 e. The van der Waals surface area contributed by atoms with Crippen molar-refractivity contribution in [3.05, 3.63) is 81.1 Å². The highest BCUT2D eigenvalue weighted by atomic mass is 79.9. The van der Waals surface area contributed by atoms with Crippen molar-refractivity contribution in [3.63, 3.8) is 0 Å². The number of aromatic nitrogens is 1. The van der Waals surface area contributed by atoms with E-state index >= 15 is 0 Å². The van der Waals surface area contributed by atoms with Gasteiger partial charge in [-0.2, -0.15) is 0 Å². The SMILES string of the molecule is NNC(=O)c1cn(C(=O)c2ccc(-c3ccc(Br)cc3Br)o2)c2ccccc12. The molecule has 0 fully saturated rings. The Morgan fingerprint density at radius 3 is 2.57 bits per heavy atom. The molecule has 0 aliphatic heterocycles. The first kappa shape index (κ1) is 18.7. The van der Waals surface area contributed by atoms with Gasteiger partial charge in [-0.15, -0.1) is 0 Å². The maximum absolute atomic E-state index is 13.1. The van der Waals surface area contributed by atoms with Crippen molar-refractivity contribution < 1.29 is 14.0 Å². The Morgan fingerprint density at radius 2 is 1.82 bits per heavy atom. The van der Waals surface area contributed by atoms with Crippen LogP contribution in [0.4, 0.5) is 0 Å². The number of hydrogen-bond acceptors (Lipinski definition) is 4. The zero-order chi connectivity index (χ0) is 19.8. The molecule has 3 N–H and O–H groups in total. The molecule has 0 aliphatic rings. The van der Waals surface area contributed by atoms with Crippen molar-refractivity contribution in [1.82, 2.24) is 9.99 Å². The largest absolute Gasteiger partial charge is 0.451 e. The van der Waals surface area contributed by atoms with Gasteiger partial charge in [0.1, 0.15) is 5.76 Å². The lowest BCUT2D eigenvalue weighted by Crippen LogP contribution is -2.29. The highest BCUT2D eigenvalue weighted by Crippen LogP contribution is 2.32. The van der Waals surface area contributed by atoms with Crippen LogP contribution in [0.5, 0.6) is 0 Å². The van der Waals surface area contributed by atoms with E-state index < -0.39 is 5.91 Å². The monoisotopic (exact) mass is 501 g/mol. The number of amides is 1. The third-order valence-electron chi connectivity index (χ3n) is 4.32. The lowest BCUT2D eigenvalue weighted by atomic mass is 10.2. The number of halogens is 2. The van der Waals surface area contributed by atoms with E-state index in [0.717, 1.165) is 14.5 Å². The van der Waals surface area contributed by atoms with E-state index in [1.165, 1.54) is 10.8 Å². The fraction of sp³-hybridized carbons (Fsp3) is 0. The van der Waals surface area contributed by atoms with Crippen molar-refractivity contribution in [3.8, 4) is 11.3 Å². The predicted octanol–water partition coefficient (Wildman–Crippen LogP) is 4.72. The quantitative estimate of drug-likeness (QED) is 0.241. The van der Waals surface area contributed by atoms with Crippen LogP contribution in [0, 0.1) is 0 Å². The highest BCUT2D eigenvalue weighted by Gasteiger charge is 2.21. The number of nitrogens with one attached hydrogen (secondary N) is 1. The topological polar surface area (TPSA) is 90.3 Å². The number of carbonyl (C=O) groups excluding carboxylic acids is 2. The number of furan rings is 1. The summed E-state index contributed by atoms with van der Waals surface area (Å²) in [7, 11) is 0. The Bertz CT molecular complexity index is 1230. The zero-order valence-electron chi connectivity index (χ0n) is 14.3. The van der Waals surface area contributed by atoms with Gasteiger partial charge in [-0.1, -0.05) is 34.1 Å². The van der Waals surface area contributed by atoms with Gasteiger partial charge in [0, 0.05) is 26.1 Å². The summed E-state index contributed by atoms with van der Waals surface area (Å²) in [6.45, 7) is 0. The molecule has 0 saturated heterocycles. The van der Waals surface area contributed by atoms with Crippen molar-refractivity contribution >= 4 is 54.6 Å². The van der Waals surface area contributed by atoms with Gasteiger partial charge in [0.2, 0.25) is 0 Å². The number of nitrogens with two attached hydrogens (primary N) is 1. The lowest BCUT2D eigenvalue weighted by Gasteiger charge is -2.03. The van der Waals surface area contributed by atoms with Crippen LogP contribution in [0.1, 0.15) is 20.9 Å². The van der Waals surface area contributed by atoms with Crippen molar-refractivity contribution in [2.24, 2.45) is 5.84 Å². The minimum atomic E-state index is -0.471. The van der Waals surface area contributed by atoms with Crippen molar-refractivity contribution in [2.75, 3.05) is 0 Å². The maximum atomic E-state index is 13.1. The normalized spacial score (nSPS) is 11.0. The van der Waals surface area contributed by atoms with E-state index in [9.17, 15) is 9.59 Å². The Morgan fingerprint density at radius 1 is 1.04 bits per heavy atom. The second-order valence-electron chi connectivity index (χ2n) is 6.00. The third-order valence-corrected chi connectivity index (χ3v) is 5.47. The van der Waals surface area contributed by atoms with E-state index in [1.54, 1.807) is 36.4 Å². The van der Waals surface area contributed by atoms with Gasteiger partial charge < -0.3 is 4.42 Å². The molecule has 0 saturated carbocycles. The molecule has 6 nitrogen and oxygen atoms in total. The summed E-state index contributed by atoms with van der Waals surface area (Å²) >= 11 is 6.91. The molecule has 0 spiro atoms. The molecule has 28 heavy (non-hydrogen) atoms. The first-order valence-electron chi connectivity index (χ1n) is 8.20. The number of hydrazine groups is 1. The molecule has 0 aliphatic carbocycles.